The Balaban J connectivity index is 0.00000204. The third-order valence-electron chi connectivity index (χ3n) is 4.96. The molecule has 3 aromatic rings. The molecule has 4 rings (SSSR count). The number of halogens is 4. The van der Waals surface area contributed by atoms with Gasteiger partial charge in [-0.2, -0.15) is 0 Å². The van der Waals surface area contributed by atoms with E-state index in [1.54, 1.807) is 42.6 Å². The highest BCUT2D eigenvalue weighted by Gasteiger charge is 2.15. The summed E-state index contributed by atoms with van der Waals surface area (Å²) in [5.74, 6) is 0.123. The number of hydrogen-bond donors (Lipinski definition) is 1. The molecule has 2 aromatic carbocycles. The predicted octanol–water partition coefficient (Wildman–Crippen LogP) is 5.61. The molecule has 1 fully saturated rings. The van der Waals surface area contributed by atoms with Crippen molar-refractivity contribution in [3.05, 3.63) is 78.0 Å². The molecule has 1 aliphatic rings. The van der Waals surface area contributed by atoms with Crippen LogP contribution in [-0.2, 0) is 11.4 Å². The summed E-state index contributed by atoms with van der Waals surface area (Å²) in [7, 11) is 0. The largest absolute Gasteiger partial charge is 0.489 e. The fourth-order valence-electron chi connectivity index (χ4n) is 3.44. The smallest absolute Gasteiger partial charge is 0.238 e. The molecule has 0 spiro atoms. The highest BCUT2D eigenvalue weighted by atomic mass is 35.5. The topological polar surface area (TPSA) is 63.7 Å². The van der Waals surface area contributed by atoms with Gasteiger partial charge in [-0.15, -0.1) is 24.8 Å². The van der Waals surface area contributed by atoms with Crippen molar-refractivity contribution in [3.8, 4) is 17.4 Å². The Morgan fingerprint density at radius 2 is 1.59 bits per heavy atom. The SMILES string of the molecule is Cl.Cl.O=C(CN1CCCC1)Nc1ccc(Oc2ccc(OCc3cc(F)cc(F)c3)cc2)nc1. The van der Waals surface area contributed by atoms with Crippen LogP contribution in [0.5, 0.6) is 17.4 Å². The fraction of sp³-hybridized carbons (Fsp3) is 0.250. The molecule has 0 radical (unpaired) electrons. The highest BCUT2D eigenvalue weighted by molar-refractivity contribution is 5.92. The number of anilines is 1. The first-order valence-electron chi connectivity index (χ1n) is 10.4. The first kappa shape index (κ1) is 27.3. The molecule has 0 bridgehead atoms. The molecule has 34 heavy (non-hydrogen) atoms. The zero-order chi connectivity index (χ0) is 22.3. The first-order chi connectivity index (χ1) is 15.5. The number of carbonyl (C=O) groups excluding carboxylic acids is 1. The predicted molar refractivity (Wildman–Crippen MR) is 130 cm³/mol. The number of likely N-dealkylation sites (tertiary alicyclic amines) is 1. The van der Waals surface area contributed by atoms with E-state index in [0.717, 1.165) is 32.0 Å². The van der Waals surface area contributed by atoms with E-state index < -0.39 is 11.6 Å². The molecule has 0 unspecified atom stereocenters. The lowest BCUT2D eigenvalue weighted by Crippen LogP contribution is -2.30. The van der Waals surface area contributed by atoms with Gasteiger partial charge in [0.1, 0.15) is 29.7 Å². The van der Waals surface area contributed by atoms with E-state index in [-0.39, 0.29) is 37.3 Å². The number of hydrogen-bond acceptors (Lipinski definition) is 5. The number of nitrogens with one attached hydrogen (secondary N) is 1. The van der Waals surface area contributed by atoms with Gasteiger partial charge < -0.3 is 14.8 Å². The van der Waals surface area contributed by atoms with Gasteiger partial charge in [-0.1, -0.05) is 0 Å². The summed E-state index contributed by atoms with van der Waals surface area (Å²) in [4.78, 5) is 18.4. The van der Waals surface area contributed by atoms with Crippen LogP contribution in [0, 0.1) is 11.6 Å². The maximum absolute atomic E-state index is 13.2. The van der Waals surface area contributed by atoms with Crippen molar-refractivity contribution in [2.24, 2.45) is 0 Å². The van der Waals surface area contributed by atoms with Gasteiger partial charge in [0.15, 0.2) is 0 Å². The molecule has 0 aliphatic carbocycles. The average Bonchev–Trinajstić information content (AvgIpc) is 3.27. The molecule has 0 saturated carbocycles. The van der Waals surface area contributed by atoms with Gasteiger partial charge in [0.25, 0.3) is 0 Å². The standard InChI is InChI=1S/C24H23F2N3O3.2ClH/c25-18-11-17(12-19(26)13-18)16-31-21-4-6-22(7-5-21)32-24-8-3-20(14-27-24)28-23(30)15-29-9-1-2-10-29;;/h3-8,11-14H,1-2,9-10,15-16H2,(H,28,30);2*1H. The maximum Gasteiger partial charge on any atom is 0.238 e. The lowest BCUT2D eigenvalue weighted by Gasteiger charge is -2.14. The number of ether oxygens (including phenoxy) is 2. The average molecular weight is 512 g/mol. The Kier molecular flexibility index (Phi) is 10.5. The summed E-state index contributed by atoms with van der Waals surface area (Å²) in [5, 5.41) is 2.84. The minimum atomic E-state index is -0.642. The van der Waals surface area contributed by atoms with E-state index in [1.807, 2.05) is 0 Å². The van der Waals surface area contributed by atoms with Crippen molar-refractivity contribution in [2.45, 2.75) is 19.4 Å². The quantitative estimate of drug-likeness (QED) is 0.425. The van der Waals surface area contributed by atoms with Crippen LogP contribution in [0.3, 0.4) is 0 Å². The van der Waals surface area contributed by atoms with E-state index in [1.165, 1.54) is 12.1 Å². The number of benzene rings is 2. The third-order valence-corrected chi connectivity index (χ3v) is 4.96. The van der Waals surface area contributed by atoms with Gasteiger partial charge in [0, 0.05) is 12.1 Å². The zero-order valence-corrected chi connectivity index (χ0v) is 19.8. The van der Waals surface area contributed by atoms with Gasteiger partial charge in [0.05, 0.1) is 18.4 Å². The first-order valence-corrected chi connectivity index (χ1v) is 10.4. The van der Waals surface area contributed by atoms with Gasteiger partial charge >= 0.3 is 0 Å². The normalized spacial score (nSPS) is 12.9. The number of amides is 1. The van der Waals surface area contributed by atoms with Crippen molar-refractivity contribution < 1.29 is 23.0 Å². The second kappa shape index (κ2) is 13.1. The second-order valence-electron chi connectivity index (χ2n) is 7.56. The van der Waals surface area contributed by atoms with Crippen LogP contribution in [0.25, 0.3) is 0 Å². The number of aromatic nitrogens is 1. The molecule has 1 N–H and O–H groups in total. The summed E-state index contributed by atoms with van der Waals surface area (Å²) in [6.45, 7) is 2.36. The van der Waals surface area contributed by atoms with E-state index in [0.29, 0.717) is 35.2 Å². The molecule has 182 valence electrons. The number of rotatable bonds is 8. The van der Waals surface area contributed by atoms with Crippen LogP contribution in [0.2, 0.25) is 0 Å². The minimum Gasteiger partial charge on any atom is -0.489 e. The molecule has 1 aromatic heterocycles. The lowest BCUT2D eigenvalue weighted by molar-refractivity contribution is -0.117. The summed E-state index contributed by atoms with van der Waals surface area (Å²) in [5.41, 5.74) is 1.01. The van der Waals surface area contributed by atoms with Gasteiger partial charge in [-0.05, 0) is 74.0 Å². The molecule has 6 nitrogen and oxygen atoms in total. The Hall–Kier alpha value is -2.94. The Labute approximate surface area is 209 Å². The third kappa shape index (κ3) is 8.13. The molecule has 1 amide bonds. The summed E-state index contributed by atoms with van der Waals surface area (Å²) in [6, 6.07) is 13.5. The molecule has 2 heterocycles. The van der Waals surface area contributed by atoms with Crippen LogP contribution >= 0.6 is 24.8 Å². The number of pyridine rings is 1. The van der Waals surface area contributed by atoms with E-state index in [4.69, 9.17) is 9.47 Å². The van der Waals surface area contributed by atoms with Crippen molar-refractivity contribution in [3.63, 3.8) is 0 Å². The maximum atomic E-state index is 13.2. The second-order valence-corrected chi connectivity index (χ2v) is 7.56. The fourth-order valence-corrected chi connectivity index (χ4v) is 3.44. The molecule has 10 heteroatoms. The van der Waals surface area contributed by atoms with Crippen LogP contribution in [0.4, 0.5) is 14.5 Å². The molecule has 0 atom stereocenters. The van der Waals surface area contributed by atoms with E-state index in [9.17, 15) is 13.6 Å². The van der Waals surface area contributed by atoms with Crippen LogP contribution in [0.15, 0.2) is 60.8 Å². The van der Waals surface area contributed by atoms with Crippen molar-refractivity contribution in [1.82, 2.24) is 9.88 Å². The van der Waals surface area contributed by atoms with Crippen molar-refractivity contribution >= 4 is 36.4 Å². The zero-order valence-electron chi connectivity index (χ0n) is 18.2. The Morgan fingerprint density at radius 1 is 0.941 bits per heavy atom. The molecular formula is C24H25Cl2F2N3O3. The molecule has 1 aliphatic heterocycles. The van der Waals surface area contributed by atoms with Gasteiger partial charge in [-0.25, -0.2) is 13.8 Å². The van der Waals surface area contributed by atoms with E-state index >= 15 is 0 Å². The summed E-state index contributed by atoms with van der Waals surface area (Å²) in [6.07, 6.45) is 3.83. The molecule has 1 saturated heterocycles. The van der Waals surface area contributed by atoms with Crippen LogP contribution < -0.4 is 14.8 Å². The van der Waals surface area contributed by atoms with Crippen molar-refractivity contribution in [2.75, 3.05) is 25.0 Å². The monoisotopic (exact) mass is 511 g/mol. The number of nitrogens with zero attached hydrogens (tertiary/aromatic N) is 2. The lowest BCUT2D eigenvalue weighted by atomic mass is 10.2. The Bertz CT molecular complexity index is 1040. The summed E-state index contributed by atoms with van der Waals surface area (Å²) >= 11 is 0. The van der Waals surface area contributed by atoms with Gasteiger partial charge in [-0.3, -0.25) is 9.69 Å². The van der Waals surface area contributed by atoms with Gasteiger partial charge in [0.2, 0.25) is 11.8 Å². The van der Waals surface area contributed by atoms with Crippen molar-refractivity contribution in [1.29, 1.82) is 0 Å². The van der Waals surface area contributed by atoms with Crippen LogP contribution in [-0.4, -0.2) is 35.4 Å². The summed E-state index contributed by atoms with van der Waals surface area (Å²) < 4.78 is 37.8. The molecular weight excluding hydrogens is 487 g/mol. The van der Waals surface area contributed by atoms with E-state index in [2.05, 4.69) is 15.2 Å². The highest BCUT2D eigenvalue weighted by Crippen LogP contribution is 2.24. The Morgan fingerprint density at radius 3 is 2.21 bits per heavy atom. The number of carbonyl (C=O) groups is 1. The minimum absolute atomic E-state index is 0. The van der Waals surface area contributed by atoms with Crippen LogP contribution in [0.1, 0.15) is 18.4 Å².